The van der Waals surface area contributed by atoms with Crippen LogP contribution < -0.4 is 10.6 Å². The summed E-state index contributed by atoms with van der Waals surface area (Å²) in [6, 6.07) is 10.6. The summed E-state index contributed by atoms with van der Waals surface area (Å²) in [6.07, 6.45) is 3.97. The Morgan fingerprint density at radius 3 is 2.30 bits per heavy atom. The van der Waals surface area contributed by atoms with Crippen LogP contribution >= 0.6 is 0 Å². The van der Waals surface area contributed by atoms with Crippen LogP contribution in [0.4, 0.5) is 4.79 Å². The maximum absolute atomic E-state index is 12.7. The molecule has 2 heterocycles. The molecule has 5 heteroatoms. The van der Waals surface area contributed by atoms with Gasteiger partial charge in [-0.3, -0.25) is 0 Å². The molecule has 1 aromatic rings. The Morgan fingerprint density at radius 2 is 1.70 bits per heavy atom. The first-order valence-corrected chi connectivity index (χ1v) is 10.2. The Labute approximate surface area is 163 Å². The summed E-state index contributed by atoms with van der Waals surface area (Å²) >= 11 is 0. The van der Waals surface area contributed by atoms with Gasteiger partial charge in [0.25, 0.3) is 0 Å². The van der Waals surface area contributed by atoms with Gasteiger partial charge in [0, 0.05) is 30.2 Å². The lowest BCUT2D eigenvalue weighted by atomic mass is 9.79. The highest BCUT2D eigenvalue weighted by Crippen LogP contribution is 2.28. The van der Waals surface area contributed by atoms with E-state index in [1.807, 2.05) is 23.1 Å². The molecule has 2 aliphatic heterocycles. The van der Waals surface area contributed by atoms with E-state index >= 15 is 0 Å². The highest BCUT2D eigenvalue weighted by Gasteiger charge is 2.38. The van der Waals surface area contributed by atoms with Crippen molar-refractivity contribution in [1.29, 1.82) is 0 Å². The van der Waals surface area contributed by atoms with Crippen molar-refractivity contribution in [3.8, 4) is 0 Å². The van der Waals surface area contributed by atoms with Gasteiger partial charge in [0.2, 0.25) is 0 Å². The van der Waals surface area contributed by atoms with Crippen LogP contribution in [0.25, 0.3) is 0 Å². The van der Waals surface area contributed by atoms with E-state index in [0.29, 0.717) is 6.61 Å². The number of amides is 2. The summed E-state index contributed by atoms with van der Waals surface area (Å²) in [5.74, 6) is 0. The Bertz CT molecular complexity index is 606. The second-order valence-electron chi connectivity index (χ2n) is 9.43. The predicted octanol–water partition coefficient (Wildman–Crippen LogP) is 3.69. The Balaban J connectivity index is 1.43. The number of hydrogen-bond donors (Lipinski definition) is 2. The lowest BCUT2D eigenvalue weighted by Crippen LogP contribution is -2.63. The van der Waals surface area contributed by atoms with Gasteiger partial charge in [0.05, 0.1) is 12.7 Å². The normalized spacial score (nSPS) is 23.2. The molecule has 2 saturated heterocycles. The van der Waals surface area contributed by atoms with E-state index in [2.05, 4.69) is 50.5 Å². The number of rotatable bonds is 4. The molecule has 5 nitrogen and oxygen atoms in total. The zero-order valence-corrected chi connectivity index (χ0v) is 17.3. The van der Waals surface area contributed by atoms with Crippen LogP contribution in [0.1, 0.15) is 58.9 Å². The molecule has 150 valence electrons. The molecule has 0 atom stereocenters. The smallest absolute Gasteiger partial charge is 0.317 e. The minimum atomic E-state index is 0.0397. The van der Waals surface area contributed by atoms with Crippen molar-refractivity contribution in [2.45, 2.75) is 83.2 Å². The van der Waals surface area contributed by atoms with Gasteiger partial charge in [-0.1, -0.05) is 30.3 Å². The van der Waals surface area contributed by atoms with Crippen molar-refractivity contribution in [2.75, 3.05) is 13.1 Å². The van der Waals surface area contributed by atoms with Crippen molar-refractivity contribution >= 4 is 6.03 Å². The third-order valence-corrected chi connectivity index (χ3v) is 5.58. The Kier molecular flexibility index (Phi) is 6.11. The molecule has 0 bridgehead atoms. The number of urea groups is 1. The highest BCUT2D eigenvalue weighted by molar-refractivity contribution is 5.74. The second kappa shape index (κ2) is 8.19. The first-order chi connectivity index (χ1) is 12.7. The first kappa shape index (κ1) is 20.2. The predicted molar refractivity (Wildman–Crippen MR) is 109 cm³/mol. The maximum Gasteiger partial charge on any atom is 0.317 e. The van der Waals surface area contributed by atoms with Crippen LogP contribution in [0.3, 0.4) is 0 Å². The van der Waals surface area contributed by atoms with Crippen LogP contribution in [0.15, 0.2) is 30.3 Å². The fraction of sp³-hybridized carbons (Fsp3) is 0.682. The average Bonchev–Trinajstić information content (AvgIpc) is 2.58. The van der Waals surface area contributed by atoms with Gasteiger partial charge < -0.3 is 20.3 Å². The number of hydrogen-bond acceptors (Lipinski definition) is 3. The lowest BCUT2D eigenvalue weighted by Gasteiger charge is -2.47. The van der Waals surface area contributed by atoms with E-state index in [1.54, 1.807) is 0 Å². The summed E-state index contributed by atoms with van der Waals surface area (Å²) in [5.41, 5.74) is 1.28. The molecular weight excluding hydrogens is 338 g/mol. The Morgan fingerprint density at radius 1 is 1.11 bits per heavy atom. The van der Waals surface area contributed by atoms with Crippen LogP contribution in [-0.2, 0) is 11.3 Å². The zero-order chi connectivity index (χ0) is 19.5. The lowest BCUT2D eigenvalue weighted by molar-refractivity contribution is 0.00398. The third kappa shape index (κ3) is 5.94. The van der Waals surface area contributed by atoms with Crippen molar-refractivity contribution in [2.24, 2.45) is 0 Å². The summed E-state index contributed by atoms with van der Waals surface area (Å²) in [5, 5.41) is 6.95. The summed E-state index contributed by atoms with van der Waals surface area (Å²) in [4.78, 5) is 14.7. The molecule has 3 rings (SSSR count). The largest absolute Gasteiger partial charge is 0.373 e. The minimum absolute atomic E-state index is 0.0397. The third-order valence-electron chi connectivity index (χ3n) is 5.58. The molecule has 2 N–H and O–H groups in total. The van der Waals surface area contributed by atoms with Crippen molar-refractivity contribution in [3.05, 3.63) is 35.9 Å². The quantitative estimate of drug-likeness (QED) is 0.846. The number of ether oxygens (including phenoxy) is 1. The number of likely N-dealkylation sites (tertiary alicyclic amines) is 1. The number of carbonyl (C=O) groups excluding carboxylic acids is 1. The molecule has 0 aliphatic carbocycles. The number of piperidine rings is 2. The highest BCUT2D eigenvalue weighted by atomic mass is 16.5. The van der Waals surface area contributed by atoms with E-state index in [-0.39, 0.29) is 29.3 Å². The van der Waals surface area contributed by atoms with Gasteiger partial charge in [-0.2, -0.15) is 0 Å². The van der Waals surface area contributed by atoms with E-state index < -0.39 is 0 Å². The summed E-state index contributed by atoms with van der Waals surface area (Å²) in [7, 11) is 0. The number of nitrogens with zero attached hydrogens (tertiary/aromatic N) is 1. The van der Waals surface area contributed by atoms with Crippen LogP contribution in [0.2, 0.25) is 0 Å². The fourth-order valence-corrected chi connectivity index (χ4v) is 4.70. The van der Waals surface area contributed by atoms with Gasteiger partial charge in [0.15, 0.2) is 0 Å². The van der Waals surface area contributed by atoms with E-state index in [0.717, 1.165) is 38.8 Å². The monoisotopic (exact) mass is 373 g/mol. The number of carbonyl (C=O) groups is 1. The molecule has 2 fully saturated rings. The van der Waals surface area contributed by atoms with Crippen LogP contribution in [-0.4, -0.2) is 47.2 Å². The molecule has 0 aromatic heterocycles. The molecule has 0 radical (unpaired) electrons. The van der Waals surface area contributed by atoms with Crippen molar-refractivity contribution in [3.63, 3.8) is 0 Å². The molecular formula is C22H35N3O2. The minimum Gasteiger partial charge on any atom is -0.373 e. The SMILES string of the molecule is CC1(C)CC(NC(=O)N2CCC(OCc3ccccc3)CC2)CC(C)(C)N1. The van der Waals surface area contributed by atoms with Crippen LogP contribution in [0, 0.1) is 0 Å². The topological polar surface area (TPSA) is 53.6 Å². The van der Waals surface area contributed by atoms with Gasteiger partial charge >= 0.3 is 6.03 Å². The summed E-state index contributed by atoms with van der Waals surface area (Å²) in [6.45, 7) is 11.0. The number of nitrogens with one attached hydrogen (secondary N) is 2. The van der Waals surface area contributed by atoms with E-state index in [1.165, 1.54) is 5.56 Å². The molecule has 27 heavy (non-hydrogen) atoms. The van der Waals surface area contributed by atoms with Crippen molar-refractivity contribution < 1.29 is 9.53 Å². The molecule has 2 amide bonds. The van der Waals surface area contributed by atoms with Gasteiger partial charge in [0.1, 0.15) is 0 Å². The second-order valence-corrected chi connectivity index (χ2v) is 9.43. The van der Waals surface area contributed by atoms with E-state index in [9.17, 15) is 4.79 Å². The van der Waals surface area contributed by atoms with Gasteiger partial charge in [-0.15, -0.1) is 0 Å². The maximum atomic E-state index is 12.7. The summed E-state index contributed by atoms with van der Waals surface area (Å²) < 4.78 is 6.03. The van der Waals surface area contributed by atoms with Gasteiger partial charge in [-0.05, 0) is 58.9 Å². The molecule has 0 unspecified atom stereocenters. The van der Waals surface area contributed by atoms with Gasteiger partial charge in [-0.25, -0.2) is 4.79 Å². The molecule has 0 spiro atoms. The molecule has 1 aromatic carbocycles. The molecule has 2 aliphatic rings. The van der Waals surface area contributed by atoms with E-state index in [4.69, 9.17) is 4.74 Å². The first-order valence-electron chi connectivity index (χ1n) is 10.2. The van der Waals surface area contributed by atoms with Crippen molar-refractivity contribution in [1.82, 2.24) is 15.5 Å². The number of benzene rings is 1. The standard InChI is InChI=1S/C22H35N3O2/c1-21(2)14-18(15-22(3,4)24-21)23-20(26)25-12-10-19(11-13-25)27-16-17-8-6-5-7-9-17/h5-9,18-19,24H,10-16H2,1-4H3,(H,23,26). The Hall–Kier alpha value is -1.59. The zero-order valence-electron chi connectivity index (χ0n) is 17.3. The average molecular weight is 374 g/mol. The van der Waals surface area contributed by atoms with Crippen LogP contribution in [0.5, 0.6) is 0 Å². The molecule has 0 saturated carbocycles. The fourth-order valence-electron chi connectivity index (χ4n) is 4.70.